The molecule has 2 heteroatoms. The first-order valence-corrected chi connectivity index (χ1v) is 11.5. The monoisotopic (exact) mass is 352 g/mol. The van der Waals surface area contributed by atoms with Crippen LogP contribution >= 0.6 is 0 Å². The zero-order valence-corrected chi connectivity index (χ0v) is 17.2. The molecule has 0 aromatic heterocycles. The Bertz CT molecular complexity index is 307. The van der Waals surface area contributed by atoms with Gasteiger partial charge in [-0.3, -0.25) is 4.79 Å². The van der Waals surface area contributed by atoms with E-state index in [1.165, 1.54) is 96.3 Å². The van der Waals surface area contributed by atoms with Gasteiger partial charge in [-0.25, -0.2) is 0 Å². The molecular formula is C23H44O2. The Morgan fingerprint density at radius 2 is 1.32 bits per heavy atom. The van der Waals surface area contributed by atoms with Gasteiger partial charge in [0.25, 0.3) is 0 Å². The Kier molecular flexibility index (Phi) is 14.1. The van der Waals surface area contributed by atoms with E-state index in [-0.39, 0.29) is 12.1 Å². The van der Waals surface area contributed by atoms with E-state index >= 15 is 0 Å². The van der Waals surface area contributed by atoms with Crippen LogP contribution in [-0.4, -0.2) is 12.1 Å². The Labute approximate surface area is 157 Å². The molecule has 0 aliphatic heterocycles. The number of unbranched alkanes of at least 4 members (excludes halogenated alkanes) is 8. The molecule has 0 saturated heterocycles. The molecule has 0 spiro atoms. The van der Waals surface area contributed by atoms with Crippen molar-refractivity contribution in [1.82, 2.24) is 0 Å². The molecule has 1 fully saturated rings. The van der Waals surface area contributed by atoms with Gasteiger partial charge in [-0.15, -0.1) is 0 Å². The lowest BCUT2D eigenvalue weighted by Crippen LogP contribution is -2.22. The molecule has 0 amide bonds. The number of hydrogen-bond acceptors (Lipinski definition) is 2. The van der Waals surface area contributed by atoms with Crippen LogP contribution in [0.1, 0.15) is 129 Å². The van der Waals surface area contributed by atoms with Gasteiger partial charge < -0.3 is 4.74 Å². The quantitative estimate of drug-likeness (QED) is 0.224. The summed E-state index contributed by atoms with van der Waals surface area (Å²) in [5.41, 5.74) is 0. The van der Waals surface area contributed by atoms with Gasteiger partial charge in [0.05, 0.1) is 0 Å². The highest BCUT2D eigenvalue weighted by Gasteiger charge is 2.20. The fourth-order valence-electron chi connectivity index (χ4n) is 4.07. The van der Waals surface area contributed by atoms with Crippen molar-refractivity contribution in [2.24, 2.45) is 5.92 Å². The van der Waals surface area contributed by atoms with Crippen LogP contribution in [0.5, 0.6) is 0 Å². The van der Waals surface area contributed by atoms with Crippen LogP contribution in [-0.2, 0) is 9.53 Å². The van der Waals surface area contributed by atoms with Crippen molar-refractivity contribution in [3.8, 4) is 0 Å². The van der Waals surface area contributed by atoms with E-state index < -0.39 is 0 Å². The molecule has 1 atom stereocenters. The first-order valence-electron chi connectivity index (χ1n) is 11.5. The smallest absolute Gasteiger partial charge is 0.306 e. The van der Waals surface area contributed by atoms with Crippen LogP contribution in [0.25, 0.3) is 0 Å². The Hall–Kier alpha value is -0.530. The lowest BCUT2D eigenvalue weighted by Gasteiger charge is -2.23. The van der Waals surface area contributed by atoms with E-state index in [0.717, 1.165) is 12.8 Å². The third-order valence-corrected chi connectivity index (χ3v) is 5.74. The van der Waals surface area contributed by atoms with Gasteiger partial charge in [-0.2, -0.15) is 0 Å². The number of carbonyl (C=O) groups is 1. The number of rotatable bonds is 15. The molecular weight excluding hydrogens is 308 g/mol. The largest absolute Gasteiger partial charge is 0.462 e. The van der Waals surface area contributed by atoms with E-state index in [9.17, 15) is 4.79 Å². The zero-order chi connectivity index (χ0) is 18.2. The highest BCUT2D eigenvalue weighted by Crippen LogP contribution is 2.25. The molecule has 0 N–H and O–H groups in total. The Morgan fingerprint density at radius 3 is 1.92 bits per heavy atom. The van der Waals surface area contributed by atoms with Gasteiger partial charge in [0.2, 0.25) is 0 Å². The second-order valence-electron chi connectivity index (χ2n) is 8.23. The molecule has 0 heterocycles. The molecule has 0 aromatic rings. The predicted molar refractivity (Wildman–Crippen MR) is 108 cm³/mol. The minimum absolute atomic E-state index is 0.0818. The van der Waals surface area contributed by atoms with E-state index in [0.29, 0.717) is 12.3 Å². The van der Waals surface area contributed by atoms with Crippen molar-refractivity contribution in [2.75, 3.05) is 0 Å². The highest BCUT2D eigenvalue weighted by molar-refractivity contribution is 5.69. The zero-order valence-electron chi connectivity index (χ0n) is 17.2. The maximum atomic E-state index is 12.4. The summed E-state index contributed by atoms with van der Waals surface area (Å²) in [4.78, 5) is 12.4. The van der Waals surface area contributed by atoms with Crippen molar-refractivity contribution in [2.45, 2.75) is 136 Å². The van der Waals surface area contributed by atoms with Gasteiger partial charge >= 0.3 is 5.97 Å². The van der Waals surface area contributed by atoms with Gasteiger partial charge in [-0.1, -0.05) is 84.5 Å². The van der Waals surface area contributed by atoms with Crippen LogP contribution in [0.2, 0.25) is 0 Å². The third-order valence-electron chi connectivity index (χ3n) is 5.74. The molecule has 2 nitrogen and oxygen atoms in total. The normalized spacial score (nSPS) is 16.7. The van der Waals surface area contributed by atoms with Gasteiger partial charge in [0.15, 0.2) is 0 Å². The molecule has 0 radical (unpaired) electrons. The highest BCUT2D eigenvalue weighted by atomic mass is 16.5. The third kappa shape index (κ3) is 12.5. The molecule has 1 aliphatic rings. The van der Waals surface area contributed by atoms with Gasteiger partial charge in [-0.05, 0) is 44.4 Å². The number of esters is 1. The van der Waals surface area contributed by atoms with Crippen LogP contribution in [0.4, 0.5) is 0 Å². The molecule has 1 unspecified atom stereocenters. The van der Waals surface area contributed by atoms with Gasteiger partial charge in [0.1, 0.15) is 6.10 Å². The molecule has 0 bridgehead atoms. The Morgan fingerprint density at radius 1 is 0.800 bits per heavy atom. The molecule has 0 aromatic carbocycles. The summed E-state index contributed by atoms with van der Waals surface area (Å²) >= 11 is 0. The van der Waals surface area contributed by atoms with Crippen LogP contribution in [0, 0.1) is 5.92 Å². The standard InChI is InChI=1S/C23H44O2/c1-3-5-7-9-10-13-17-21(16-12-8-6-4-2)20-23(24)25-22-18-14-11-15-19-22/h21-22H,3-20H2,1-2H3. The van der Waals surface area contributed by atoms with Crippen molar-refractivity contribution >= 4 is 5.97 Å². The summed E-state index contributed by atoms with van der Waals surface area (Å²) in [5.74, 6) is 0.637. The van der Waals surface area contributed by atoms with E-state index in [4.69, 9.17) is 4.74 Å². The van der Waals surface area contributed by atoms with Gasteiger partial charge in [0, 0.05) is 6.42 Å². The summed E-state index contributed by atoms with van der Waals surface area (Å²) in [5, 5.41) is 0. The second-order valence-corrected chi connectivity index (χ2v) is 8.23. The minimum atomic E-state index is 0.0818. The molecule has 148 valence electrons. The fraction of sp³-hybridized carbons (Fsp3) is 0.957. The summed E-state index contributed by atoms with van der Waals surface area (Å²) in [6.07, 6.45) is 22.5. The number of hydrogen-bond donors (Lipinski definition) is 0. The van der Waals surface area contributed by atoms with Crippen molar-refractivity contribution in [3.63, 3.8) is 0 Å². The maximum absolute atomic E-state index is 12.4. The topological polar surface area (TPSA) is 26.3 Å². The average molecular weight is 353 g/mol. The maximum Gasteiger partial charge on any atom is 0.306 e. The van der Waals surface area contributed by atoms with Crippen molar-refractivity contribution < 1.29 is 9.53 Å². The second kappa shape index (κ2) is 15.7. The van der Waals surface area contributed by atoms with E-state index in [1.807, 2.05) is 0 Å². The summed E-state index contributed by atoms with van der Waals surface area (Å²) in [6, 6.07) is 0. The number of carbonyl (C=O) groups excluding carboxylic acids is 1. The van der Waals surface area contributed by atoms with Crippen molar-refractivity contribution in [3.05, 3.63) is 0 Å². The fourth-order valence-corrected chi connectivity index (χ4v) is 4.07. The van der Waals surface area contributed by atoms with E-state index in [1.54, 1.807) is 0 Å². The first-order chi connectivity index (χ1) is 12.3. The average Bonchev–Trinajstić information content (AvgIpc) is 2.62. The lowest BCUT2D eigenvalue weighted by atomic mass is 9.91. The SMILES string of the molecule is CCCCCCCCC(CCCCCC)CC(=O)OC1CCCCC1. The van der Waals surface area contributed by atoms with Crippen molar-refractivity contribution in [1.29, 1.82) is 0 Å². The summed E-state index contributed by atoms with van der Waals surface area (Å²) in [6.45, 7) is 4.53. The molecule has 1 rings (SSSR count). The molecule has 25 heavy (non-hydrogen) atoms. The first kappa shape index (κ1) is 22.5. The molecule has 1 saturated carbocycles. The summed E-state index contributed by atoms with van der Waals surface area (Å²) in [7, 11) is 0. The minimum Gasteiger partial charge on any atom is -0.462 e. The lowest BCUT2D eigenvalue weighted by molar-refractivity contribution is -0.151. The molecule has 1 aliphatic carbocycles. The number of ether oxygens (including phenoxy) is 1. The van der Waals surface area contributed by atoms with Crippen LogP contribution in [0.15, 0.2) is 0 Å². The van der Waals surface area contributed by atoms with E-state index in [2.05, 4.69) is 13.8 Å². The van der Waals surface area contributed by atoms with Crippen LogP contribution in [0.3, 0.4) is 0 Å². The Balaban J connectivity index is 2.25. The predicted octanol–water partition coefficient (Wildman–Crippen LogP) is 7.59. The summed E-state index contributed by atoms with van der Waals surface area (Å²) < 4.78 is 5.77. The van der Waals surface area contributed by atoms with Crippen LogP contribution < -0.4 is 0 Å².